The number of nitrogens with zero attached hydrogens (tertiary/aromatic N) is 5. The summed E-state index contributed by atoms with van der Waals surface area (Å²) >= 11 is 1.46. The Morgan fingerprint density at radius 2 is 1.89 bits per heavy atom. The standard InChI is InChI=1S/C25H24F5N5O2S/c1-14-9-16(11-25(28,29)30)32-35(14)12-22(36)34-7-5-15(6-8-34)24-31-20(13-38-24)19-10-21(37-33-19)23-17(26)3-2-4-18(23)27/h2-4,9,13,15,21H,5-8,10-12H2,1H3. The number of rotatable bonds is 6. The molecule has 5 rings (SSSR count). The first-order valence-corrected chi connectivity index (χ1v) is 13.0. The van der Waals surface area contributed by atoms with Crippen LogP contribution in [0.2, 0.25) is 0 Å². The fourth-order valence-corrected chi connectivity index (χ4v) is 5.74. The Morgan fingerprint density at radius 3 is 2.58 bits per heavy atom. The molecule has 1 atom stereocenters. The molecule has 0 saturated carbocycles. The van der Waals surface area contributed by atoms with Gasteiger partial charge >= 0.3 is 6.18 Å². The summed E-state index contributed by atoms with van der Waals surface area (Å²) in [6.45, 7) is 2.50. The summed E-state index contributed by atoms with van der Waals surface area (Å²) in [6, 6.07) is 5.00. The number of thiazole rings is 1. The van der Waals surface area contributed by atoms with E-state index in [0.717, 1.165) is 5.01 Å². The largest absolute Gasteiger partial charge is 0.394 e. The highest BCUT2D eigenvalue weighted by Crippen LogP contribution is 2.35. The first kappa shape index (κ1) is 26.3. The van der Waals surface area contributed by atoms with Crippen LogP contribution in [0.5, 0.6) is 0 Å². The second kappa shape index (κ2) is 10.4. The molecule has 0 bridgehead atoms. The van der Waals surface area contributed by atoms with Gasteiger partial charge in [-0.05, 0) is 38.0 Å². The van der Waals surface area contributed by atoms with Crippen LogP contribution >= 0.6 is 11.3 Å². The van der Waals surface area contributed by atoms with Gasteiger partial charge in [0, 0.05) is 36.5 Å². The lowest BCUT2D eigenvalue weighted by atomic mass is 9.97. The Balaban J connectivity index is 1.15. The van der Waals surface area contributed by atoms with Gasteiger partial charge in [-0.15, -0.1) is 11.3 Å². The van der Waals surface area contributed by atoms with Crippen molar-refractivity contribution in [1.82, 2.24) is 19.7 Å². The van der Waals surface area contributed by atoms with Gasteiger partial charge < -0.3 is 9.74 Å². The molecule has 1 aromatic carbocycles. The molecule has 38 heavy (non-hydrogen) atoms. The van der Waals surface area contributed by atoms with Crippen LogP contribution in [-0.4, -0.2) is 50.5 Å². The molecule has 13 heteroatoms. The van der Waals surface area contributed by atoms with Crippen LogP contribution in [-0.2, 0) is 22.6 Å². The topological polar surface area (TPSA) is 72.6 Å². The number of aromatic nitrogens is 3. The number of hydrogen-bond donors (Lipinski definition) is 0. The fourth-order valence-electron chi connectivity index (χ4n) is 4.74. The maximum absolute atomic E-state index is 14.1. The van der Waals surface area contributed by atoms with Crippen molar-refractivity contribution in [3.8, 4) is 0 Å². The van der Waals surface area contributed by atoms with Crippen LogP contribution in [0.1, 0.15) is 58.9 Å². The van der Waals surface area contributed by atoms with E-state index >= 15 is 0 Å². The minimum Gasteiger partial charge on any atom is -0.387 e. The van der Waals surface area contributed by atoms with Gasteiger partial charge in [0.2, 0.25) is 5.91 Å². The third-order valence-corrected chi connectivity index (χ3v) is 7.71. The van der Waals surface area contributed by atoms with Crippen molar-refractivity contribution in [2.24, 2.45) is 5.16 Å². The minimum absolute atomic E-state index is 0.108. The molecule has 3 aromatic rings. The van der Waals surface area contributed by atoms with Crippen molar-refractivity contribution >= 4 is 23.0 Å². The monoisotopic (exact) mass is 553 g/mol. The van der Waals surface area contributed by atoms with E-state index in [1.165, 1.54) is 40.3 Å². The lowest BCUT2D eigenvalue weighted by Gasteiger charge is -2.31. The molecule has 0 radical (unpaired) electrons. The number of benzene rings is 1. The van der Waals surface area contributed by atoms with Crippen LogP contribution in [0, 0.1) is 18.6 Å². The number of carbonyl (C=O) groups excluding carboxylic acids is 1. The zero-order valence-corrected chi connectivity index (χ0v) is 21.2. The normalized spacial score (nSPS) is 18.5. The Hall–Kier alpha value is -3.35. The molecule has 2 aliphatic rings. The summed E-state index contributed by atoms with van der Waals surface area (Å²) in [4.78, 5) is 24.5. The van der Waals surface area contributed by atoms with Crippen LogP contribution in [0.25, 0.3) is 0 Å². The van der Waals surface area contributed by atoms with Crippen molar-refractivity contribution in [3.63, 3.8) is 0 Å². The molecule has 2 aromatic heterocycles. The third-order valence-electron chi connectivity index (χ3n) is 6.70. The molecular formula is C25H24F5N5O2S. The smallest absolute Gasteiger partial charge is 0.387 e. The van der Waals surface area contributed by atoms with Gasteiger partial charge in [-0.25, -0.2) is 13.8 Å². The van der Waals surface area contributed by atoms with E-state index in [1.54, 1.807) is 11.8 Å². The molecule has 4 heterocycles. The molecule has 0 aliphatic carbocycles. The molecule has 1 amide bonds. The summed E-state index contributed by atoms with van der Waals surface area (Å²) in [6.07, 6.45) is -4.77. The van der Waals surface area contributed by atoms with Gasteiger partial charge in [-0.3, -0.25) is 9.48 Å². The Labute approximate surface area is 218 Å². The third kappa shape index (κ3) is 5.71. The number of hydrogen-bond acceptors (Lipinski definition) is 6. The van der Waals surface area contributed by atoms with Gasteiger partial charge in [0.05, 0.1) is 28.4 Å². The van der Waals surface area contributed by atoms with E-state index in [-0.39, 0.29) is 36.0 Å². The molecular weight excluding hydrogens is 529 g/mol. The highest BCUT2D eigenvalue weighted by molar-refractivity contribution is 7.10. The zero-order valence-electron chi connectivity index (χ0n) is 20.3. The van der Waals surface area contributed by atoms with Gasteiger partial charge in [0.25, 0.3) is 0 Å². The van der Waals surface area contributed by atoms with E-state index in [2.05, 4.69) is 15.2 Å². The zero-order chi connectivity index (χ0) is 27.0. The number of carbonyl (C=O) groups is 1. The maximum atomic E-state index is 14.1. The van der Waals surface area contributed by atoms with Gasteiger partial charge in [-0.1, -0.05) is 11.2 Å². The van der Waals surface area contributed by atoms with Crippen molar-refractivity contribution in [2.45, 2.75) is 57.3 Å². The number of oxime groups is 1. The average Bonchev–Trinajstić information content (AvgIpc) is 3.59. The fraction of sp³-hybridized carbons (Fsp3) is 0.440. The minimum atomic E-state index is -4.36. The van der Waals surface area contributed by atoms with Crippen molar-refractivity contribution in [1.29, 1.82) is 0 Å². The second-order valence-corrected chi connectivity index (χ2v) is 10.3. The predicted molar refractivity (Wildman–Crippen MR) is 129 cm³/mol. The van der Waals surface area contributed by atoms with Crippen molar-refractivity contribution in [2.75, 3.05) is 13.1 Å². The van der Waals surface area contributed by atoms with Crippen molar-refractivity contribution in [3.05, 3.63) is 68.9 Å². The second-order valence-electron chi connectivity index (χ2n) is 9.42. The summed E-state index contributed by atoms with van der Waals surface area (Å²) < 4.78 is 67.5. The average molecular weight is 554 g/mol. The lowest BCUT2D eigenvalue weighted by molar-refractivity contribution is -0.133. The van der Waals surface area contributed by atoms with Crippen LogP contribution in [0.4, 0.5) is 22.0 Å². The molecule has 2 aliphatic heterocycles. The van der Waals surface area contributed by atoms with Crippen LogP contribution in [0.3, 0.4) is 0 Å². The highest BCUT2D eigenvalue weighted by Gasteiger charge is 2.32. The number of alkyl halides is 3. The van der Waals surface area contributed by atoms with E-state index in [9.17, 15) is 26.7 Å². The summed E-state index contributed by atoms with van der Waals surface area (Å²) in [5, 5.41) is 10.7. The number of amides is 1. The number of likely N-dealkylation sites (tertiary alicyclic amines) is 1. The maximum Gasteiger partial charge on any atom is 0.394 e. The number of piperidine rings is 1. The van der Waals surface area contributed by atoms with Crippen LogP contribution in [0.15, 0.2) is 34.8 Å². The molecule has 1 fully saturated rings. The molecule has 7 nitrogen and oxygen atoms in total. The quantitative estimate of drug-likeness (QED) is 0.389. The summed E-state index contributed by atoms with van der Waals surface area (Å²) in [7, 11) is 0. The molecule has 0 spiro atoms. The SMILES string of the molecule is Cc1cc(CC(F)(F)F)nn1CC(=O)N1CCC(c2nc(C3=NOC(c4c(F)cccc4F)C3)cs2)CC1. The molecule has 1 unspecified atom stereocenters. The number of aryl methyl sites for hydroxylation is 1. The Morgan fingerprint density at radius 1 is 1.18 bits per heavy atom. The van der Waals surface area contributed by atoms with E-state index < -0.39 is 30.3 Å². The summed E-state index contributed by atoms with van der Waals surface area (Å²) in [5.41, 5.74) is 1.37. The molecule has 202 valence electrons. The number of halogens is 5. The highest BCUT2D eigenvalue weighted by atomic mass is 32.1. The summed E-state index contributed by atoms with van der Waals surface area (Å²) in [5.74, 6) is -1.44. The Kier molecular flexibility index (Phi) is 7.21. The van der Waals surface area contributed by atoms with E-state index in [4.69, 9.17) is 4.84 Å². The first-order chi connectivity index (χ1) is 18.1. The van der Waals surface area contributed by atoms with Gasteiger partial charge in [-0.2, -0.15) is 18.3 Å². The van der Waals surface area contributed by atoms with Crippen LogP contribution < -0.4 is 0 Å². The Bertz CT molecular complexity index is 1340. The molecule has 0 N–H and O–H groups in total. The predicted octanol–water partition coefficient (Wildman–Crippen LogP) is 5.30. The van der Waals surface area contributed by atoms with Crippen molar-refractivity contribution < 1.29 is 31.6 Å². The van der Waals surface area contributed by atoms with Gasteiger partial charge in [0.15, 0.2) is 6.10 Å². The molecule has 1 saturated heterocycles. The van der Waals surface area contributed by atoms with Gasteiger partial charge in [0.1, 0.15) is 23.9 Å². The first-order valence-electron chi connectivity index (χ1n) is 12.1. The van der Waals surface area contributed by atoms with E-state index in [1.807, 2.05) is 5.38 Å². The lowest BCUT2D eigenvalue weighted by Crippen LogP contribution is -2.40. The van der Waals surface area contributed by atoms with E-state index in [0.29, 0.717) is 43.0 Å².